The van der Waals surface area contributed by atoms with E-state index < -0.39 is 22.4 Å². The molecule has 0 bridgehead atoms. The molecule has 0 aliphatic carbocycles. The number of rotatable bonds is 4. The zero-order chi connectivity index (χ0) is 14.0. The average Bonchev–Trinajstić information content (AvgIpc) is 2.77. The van der Waals surface area contributed by atoms with E-state index in [1.807, 2.05) is 0 Å². The van der Waals surface area contributed by atoms with Crippen molar-refractivity contribution >= 4 is 23.0 Å². The first-order valence-electron chi connectivity index (χ1n) is 4.92. The highest BCUT2D eigenvalue weighted by molar-refractivity contribution is 7.15. The summed E-state index contributed by atoms with van der Waals surface area (Å²) < 4.78 is 18.5. The van der Waals surface area contributed by atoms with Crippen LogP contribution in [0.1, 0.15) is 9.67 Å². The van der Waals surface area contributed by atoms with Gasteiger partial charge in [-0.2, -0.15) is 4.39 Å². The molecule has 0 saturated carbocycles. The molecule has 1 N–H and O–H groups in total. The molecule has 1 heterocycles. The molecular weight excluding hydrogens is 277 g/mol. The number of halogens is 1. The third kappa shape index (κ3) is 2.86. The molecule has 0 spiro atoms. The van der Waals surface area contributed by atoms with Gasteiger partial charge in [-0.15, -0.1) is 0 Å². The Hall–Kier alpha value is -2.48. The van der Waals surface area contributed by atoms with Crippen molar-refractivity contribution in [1.82, 2.24) is 0 Å². The molecule has 0 amide bonds. The highest BCUT2D eigenvalue weighted by Crippen LogP contribution is 2.31. The van der Waals surface area contributed by atoms with Crippen LogP contribution in [-0.2, 0) is 0 Å². The fraction of sp³-hybridized carbons (Fsp3) is 0. The molecule has 0 aliphatic rings. The molecule has 19 heavy (non-hydrogen) atoms. The van der Waals surface area contributed by atoms with Crippen LogP contribution >= 0.6 is 11.3 Å². The summed E-state index contributed by atoms with van der Waals surface area (Å²) in [7, 11) is 0. The number of hydrogen-bond donors (Lipinski definition) is 1. The van der Waals surface area contributed by atoms with E-state index in [-0.39, 0.29) is 15.7 Å². The highest BCUT2D eigenvalue weighted by atomic mass is 32.1. The smallest absolute Gasteiger partial charge is 0.345 e. The zero-order valence-corrected chi connectivity index (χ0v) is 10.0. The quantitative estimate of drug-likeness (QED) is 0.686. The molecule has 0 fully saturated rings. The lowest BCUT2D eigenvalue weighted by Crippen LogP contribution is -1.92. The second kappa shape index (κ2) is 5.02. The predicted molar refractivity (Wildman–Crippen MR) is 64.4 cm³/mol. The Kier molecular flexibility index (Phi) is 3.43. The van der Waals surface area contributed by atoms with Gasteiger partial charge in [-0.3, -0.25) is 10.1 Å². The second-order valence-corrected chi connectivity index (χ2v) is 4.44. The molecule has 0 radical (unpaired) electrons. The van der Waals surface area contributed by atoms with Crippen molar-refractivity contribution in [1.29, 1.82) is 0 Å². The molecule has 98 valence electrons. The zero-order valence-electron chi connectivity index (χ0n) is 9.20. The van der Waals surface area contributed by atoms with E-state index in [0.29, 0.717) is 0 Å². The van der Waals surface area contributed by atoms with Crippen LogP contribution in [0.3, 0.4) is 0 Å². The van der Waals surface area contributed by atoms with Gasteiger partial charge in [0, 0.05) is 12.1 Å². The van der Waals surface area contributed by atoms with Crippen molar-refractivity contribution in [3.8, 4) is 10.8 Å². The molecule has 6 nitrogen and oxygen atoms in total. The number of hydrogen-bond acceptors (Lipinski definition) is 5. The number of carboxylic acids is 1. The summed E-state index contributed by atoms with van der Waals surface area (Å²) >= 11 is 0.874. The number of nitro benzene ring substituents is 1. The summed E-state index contributed by atoms with van der Waals surface area (Å²) in [5.41, 5.74) is -0.648. The van der Waals surface area contributed by atoms with Gasteiger partial charge >= 0.3 is 11.7 Å². The van der Waals surface area contributed by atoms with Crippen molar-refractivity contribution in [2.75, 3.05) is 0 Å². The first kappa shape index (κ1) is 13.0. The van der Waals surface area contributed by atoms with E-state index in [2.05, 4.69) is 0 Å². The summed E-state index contributed by atoms with van der Waals surface area (Å²) in [6.07, 6.45) is 0. The van der Waals surface area contributed by atoms with Gasteiger partial charge in [0.25, 0.3) is 0 Å². The van der Waals surface area contributed by atoms with Gasteiger partial charge in [-0.25, -0.2) is 4.79 Å². The molecular formula is C11H6FNO5S. The van der Waals surface area contributed by atoms with Crippen molar-refractivity contribution in [3.63, 3.8) is 0 Å². The Morgan fingerprint density at radius 3 is 2.63 bits per heavy atom. The molecule has 8 heteroatoms. The number of thiophene rings is 1. The molecule has 0 unspecified atom stereocenters. The van der Waals surface area contributed by atoms with E-state index >= 15 is 0 Å². The standard InChI is InChI=1S/C11H6FNO5S/c12-7-5-6(1-2-8(7)13(16)17)18-10-4-3-9(19-10)11(14)15/h1-5H,(H,14,15). The molecule has 0 aliphatic heterocycles. The summed E-state index contributed by atoms with van der Waals surface area (Å²) in [4.78, 5) is 20.3. The Balaban J connectivity index is 2.21. The van der Waals surface area contributed by atoms with Crippen LogP contribution in [0.25, 0.3) is 0 Å². The van der Waals surface area contributed by atoms with Gasteiger partial charge in [0.05, 0.1) is 4.92 Å². The third-order valence-corrected chi connectivity index (χ3v) is 3.08. The van der Waals surface area contributed by atoms with Crippen molar-refractivity contribution in [2.45, 2.75) is 0 Å². The summed E-state index contributed by atoms with van der Waals surface area (Å²) in [6, 6.07) is 5.87. The number of nitro groups is 1. The van der Waals surface area contributed by atoms with Crippen LogP contribution in [0.5, 0.6) is 10.8 Å². The number of carbonyl (C=O) groups is 1. The second-order valence-electron chi connectivity index (χ2n) is 3.40. The van der Waals surface area contributed by atoms with E-state index in [1.165, 1.54) is 18.2 Å². The van der Waals surface area contributed by atoms with Crippen LogP contribution in [-0.4, -0.2) is 16.0 Å². The molecule has 2 rings (SSSR count). The number of nitrogens with zero attached hydrogens (tertiary/aromatic N) is 1. The summed E-state index contributed by atoms with van der Waals surface area (Å²) in [5, 5.41) is 19.4. The highest BCUT2D eigenvalue weighted by Gasteiger charge is 2.15. The number of benzene rings is 1. The van der Waals surface area contributed by atoms with Gasteiger partial charge < -0.3 is 9.84 Å². The van der Waals surface area contributed by atoms with Crippen LogP contribution in [0, 0.1) is 15.9 Å². The van der Waals surface area contributed by atoms with Gasteiger partial charge in [0.2, 0.25) is 5.82 Å². The lowest BCUT2D eigenvalue weighted by Gasteiger charge is -2.02. The lowest BCUT2D eigenvalue weighted by molar-refractivity contribution is -0.387. The first-order valence-corrected chi connectivity index (χ1v) is 5.74. The lowest BCUT2D eigenvalue weighted by atomic mass is 10.3. The topological polar surface area (TPSA) is 89.7 Å². The Bertz CT molecular complexity index is 654. The van der Waals surface area contributed by atoms with Gasteiger partial charge in [-0.1, -0.05) is 11.3 Å². The van der Waals surface area contributed by atoms with E-state index in [4.69, 9.17) is 9.84 Å². The maximum Gasteiger partial charge on any atom is 0.345 e. The summed E-state index contributed by atoms with van der Waals surface area (Å²) in [6.45, 7) is 0. The number of carboxylic acid groups (broad SMARTS) is 1. The molecule has 1 aromatic carbocycles. The monoisotopic (exact) mass is 283 g/mol. The molecule has 1 aromatic heterocycles. The van der Waals surface area contributed by atoms with E-state index in [1.54, 1.807) is 0 Å². The largest absolute Gasteiger partial charge is 0.477 e. The van der Waals surface area contributed by atoms with E-state index in [0.717, 1.165) is 23.5 Å². The maximum atomic E-state index is 13.3. The maximum absolute atomic E-state index is 13.3. The molecule has 0 saturated heterocycles. The molecule has 0 atom stereocenters. The fourth-order valence-electron chi connectivity index (χ4n) is 1.31. The Morgan fingerprint density at radius 1 is 1.37 bits per heavy atom. The minimum Gasteiger partial charge on any atom is -0.477 e. The third-order valence-electron chi connectivity index (χ3n) is 2.13. The van der Waals surface area contributed by atoms with Gasteiger partial charge in [-0.05, 0) is 18.2 Å². The Labute approximate surface area is 109 Å². The number of ether oxygens (including phenoxy) is 1. The minimum absolute atomic E-state index is 0.0573. The van der Waals surface area contributed by atoms with Gasteiger partial charge in [0.1, 0.15) is 10.6 Å². The fourth-order valence-corrected chi connectivity index (χ4v) is 2.02. The molecule has 2 aromatic rings. The minimum atomic E-state index is -1.09. The van der Waals surface area contributed by atoms with Crippen LogP contribution in [0.2, 0.25) is 0 Å². The van der Waals surface area contributed by atoms with Crippen LogP contribution < -0.4 is 4.74 Å². The van der Waals surface area contributed by atoms with Crippen molar-refractivity contribution < 1.29 is 24.0 Å². The predicted octanol–water partition coefficient (Wildman–Crippen LogP) is 3.29. The SMILES string of the molecule is O=C(O)c1ccc(Oc2ccc([N+](=O)[O-])c(F)c2)s1. The van der Waals surface area contributed by atoms with Gasteiger partial charge in [0.15, 0.2) is 5.06 Å². The Morgan fingerprint density at radius 2 is 2.11 bits per heavy atom. The van der Waals surface area contributed by atoms with Crippen LogP contribution in [0.15, 0.2) is 30.3 Å². The summed E-state index contributed by atoms with van der Waals surface area (Å²) in [5.74, 6) is -2.05. The van der Waals surface area contributed by atoms with Crippen molar-refractivity contribution in [3.05, 3.63) is 51.1 Å². The first-order chi connectivity index (χ1) is 8.97. The normalized spacial score (nSPS) is 10.2. The van der Waals surface area contributed by atoms with E-state index in [9.17, 15) is 19.3 Å². The van der Waals surface area contributed by atoms with Crippen LogP contribution in [0.4, 0.5) is 10.1 Å². The number of aromatic carboxylic acids is 1. The average molecular weight is 283 g/mol. The van der Waals surface area contributed by atoms with Crippen molar-refractivity contribution in [2.24, 2.45) is 0 Å².